The van der Waals surface area contributed by atoms with Gasteiger partial charge in [0.05, 0.1) is 7.11 Å². The van der Waals surface area contributed by atoms with Gasteiger partial charge in [0.2, 0.25) is 5.91 Å². The van der Waals surface area contributed by atoms with Gasteiger partial charge in [-0.2, -0.15) is 8.78 Å². The molecule has 2 aromatic rings. The van der Waals surface area contributed by atoms with Crippen molar-refractivity contribution in [3.63, 3.8) is 0 Å². The van der Waals surface area contributed by atoms with Crippen LogP contribution < -0.4 is 20.1 Å². The lowest BCUT2D eigenvalue weighted by molar-refractivity contribution is -0.121. The van der Waals surface area contributed by atoms with Gasteiger partial charge in [-0.15, -0.1) is 0 Å². The Morgan fingerprint density at radius 1 is 1.23 bits per heavy atom. The van der Waals surface area contributed by atoms with Crippen LogP contribution in [0.4, 0.5) is 8.78 Å². The third-order valence-electron chi connectivity index (χ3n) is 3.54. The van der Waals surface area contributed by atoms with Crippen molar-refractivity contribution < 1.29 is 23.0 Å². The van der Waals surface area contributed by atoms with Crippen LogP contribution in [-0.4, -0.2) is 31.2 Å². The number of hydrogen-bond donors (Lipinski definition) is 2. The predicted octanol–water partition coefficient (Wildman–Crippen LogP) is 2.49. The highest BCUT2D eigenvalue weighted by atomic mass is 19.3. The Morgan fingerprint density at radius 2 is 2.08 bits per heavy atom. The van der Waals surface area contributed by atoms with E-state index in [0.717, 1.165) is 5.56 Å². The zero-order chi connectivity index (χ0) is 18.8. The van der Waals surface area contributed by atoms with Crippen molar-refractivity contribution in [1.29, 1.82) is 0 Å². The number of amides is 1. The second-order valence-corrected chi connectivity index (χ2v) is 5.39. The predicted molar refractivity (Wildman–Crippen MR) is 92.0 cm³/mol. The maximum Gasteiger partial charge on any atom is 0.387 e. The third kappa shape index (κ3) is 6.29. The fourth-order valence-electron chi connectivity index (χ4n) is 2.30. The Hall–Kier alpha value is -2.74. The molecule has 1 aromatic carbocycles. The molecule has 0 spiro atoms. The number of pyridine rings is 1. The molecule has 1 heterocycles. The summed E-state index contributed by atoms with van der Waals surface area (Å²) in [7, 11) is 1.39. The van der Waals surface area contributed by atoms with E-state index >= 15 is 0 Å². The molecule has 0 saturated heterocycles. The van der Waals surface area contributed by atoms with Crippen LogP contribution in [0.15, 0.2) is 42.7 Å². The number of rotatable bonds is 10. The lowest BCUT2D eigenvalue weighted by atomic mass is 10.2. The molecule has 2 N–H and O–H groups in total. The number of hydrogen-bond acceptors (Lipinski definition) is 5. The highest BCUT2D eigenvalue weighted by Crippen LogP contribution is 2.32. The van der Waals surface area contributed by atoms with Crippen molar-refractivity contribution >= 4 is 5.91 Å². The van der Waals surface area contributed by atoms with Gasteiger partial charge in [0.15, 0.2) is 11.5 Å². The number of carbonyl (C=O) groups excluding carboxylic acids is 1. The Kier molecular flexibility index (Phi) is 7.75. The normalized spacial score (nSPS) is 10.6. The Morgan fingerprint density at radius 3 is 2.77 bits per heavy atom. The minimum absolute atomic E-state index is 0.00136. The molecule has 0 bridgehead atoms. The molecular formula is C18H21F2N3O3. The van der Waals surface area contributed by atoms with Crippen molar-refractivity contribution in [1.82, 2.24) is 15.6 Å². The van der Waals surface area contributed by atoms with Crippen LogP contribution >= 0.6 is 0 Å². The van der Waals surface area contributed by atoms with E-state index in [4.69, 9.17) is 4.74 Å². The quantitative estimate of drug-likeness (QED) is 0.633. The molecular weight excluding hydrogens is 344 g/mol. The summed E-state index contributed by atoms with van der Waals surface area (Å²) in [5.74, 6) is 0.119. The van der Waals surface area contributed by atoms with Gasteiger partial charge < -0.3 is 20.1 Å². The summed E-state index contributed by atoms with van der Waals surface area (Å²) in [6, 6.07) is 8.58. The summed E-state index contributed by atoms with van der Waals surface area (Å²) in [6.45, 7) is -1.86. The molecule has 0 atom stereocenters. The lowest BCUT2D eigenvalue weighted by Gasteiger charge is -2.14. The average Bonchev–Trinajstić information content (AvgIpc) is 2.65. The third-order valence-corrected chi connectivity index (χ3v) is 3.54. The smallest absolute Gasteiger partial charge is 0.387 e. The number of benzene rings is 1. The molecule has 0 aliphatic carbocycles. The van der Waals surface area contributed by atoms with E-state index in [1.807, 2.05) is 6.07 Å². The van der Waals surface area contributed by atoms with E-state index in [-0.39, 0.29) is 30.4 Å². The van der Waals surface area contributed by atoms with Gasteiger partial charge >= 0.3 is 6.61 Å². The summed E-state index contributed by atoms with van der Waals surface area (Å²) in [4.78, 5) is 15.8. The van der Waals surface area contributed by atoms with Crippen LogP contribution in [0.2, 0.25) is 0 Å². The lowest BCUT2D eigenvalue weighted by Crippen LogP contribution is -2.27. The first-order valence-corrected chi connectivity index (χ1v) is 8.07. The van der Waals surface area contributed by atoms with Gasteiger partial charge in [0, 0.05) is 44.0 Å². The first kappa shape index (κ1) is 19.6. The molecule has 0 aliphatic rings. The Bertz CT molecular complexity index is 699. The summed E-state index contributed by atoms with van der Waals surface area (Å²) in [6.07, 6.45) is 3.61. The van der Waals surface area contributed by atoms with Gasteiger partial charge in [0.1, 0.15) is 0 Å². The van der Waals surface area contributed by atoms with Gasteiger partial charge in [-0.1, -0.05) is 18.2 Å². The molecule has 2 rings (SSSR count). The molecule has 0 radical (unpaired) electrons. The number of nitrogens with zero attached hydrogens (tertiary/aromatic N) is 1. The molecule has 8 heteroatoms. The van der Waals surface area contributed by atoms with Crippen LogP contribution in [0.3, 0.4) is 0 Å². The molecule has 140 valence electrons. The van der Waals surface area contributed by atoms with Gasteiger partial charge in [-0.25, -0.2) is 0 Å². The molecule has 1 aromatic heterocycles. The van der Waals surface area contributed by atoms with Gasteiger partial charge in [-0.05, 0) is 17.7 Å². The minimum Gasteiger partial charge on any atom is -0.493 e. The van der Waals surface area contributed by atoms with Crippen LogP contribution in [0.1, 0.15) is 17.5 Å². The van der Waals surface area contributed by atoms with Crippen molar-refractivity contribution in [3.05, 3.63) is 53.9 Å². The first-order valence-electron chi connectivity index (χ1n) is 8.07. The number of nitrogens with one attached hydrogen (secondary N) is 2. The summed E-state index contributed by atoms with van der Waals surface area (Å²) >= 11 is 0. The van der Waals surface area contributed by atoms with Crippen LogP contribution in [0.5, 0.6) is 11.5 Å². The van der Waals surface area contributed by atoms with Crippen molar-refractivity contribution in [3.8, 4) is 11.5 Å². The zero-order valence-corrected chi connectivity index (χ0v) is 14.4. The monoisotopic (exact) mass is 365 g/mol. The zero-order valence-electron chi connectivity index (χ0n) is 14.4. The van der Waals surface area contributed by atoms with Crippen LogP contribution in [-0.2, 0) is 17.9 Å². The second kappa shape index (κ2) is 10.3. The number of methoxy groups -OCH3 is 1. The van der Waals surface area contributed by atoms with Crippen molar-refractivity contribution in [2.24, 2.45) is 0 Å². The highest BCUT2D eigenvalue weighted by molar-refractivity contribution is 5.76. The number of para-hydroxylation sites is 1. The number of alkyl halides is 2. The minimum atomic E-state index is -2.94. The standard InChI is InChI=1S/C18H21F2N3O3/c1-25-15-6-2-5-14(17(15)26-18(19)20)12-22-9-7-16(24)23-11-13-4-3-8-21-10-13/h2-6,8,10,18,22H,7,9,11-12H2,1H3,(H,23,24). The number of carbonyl (C=O) groups is 1. The molecule has 0 unspecified atom stereocenters. The maximum absolute atomic E-state index is 12.6. The number of halogens is 2. The van der Waals surface area contributed by atoms with E-state index in [9.17, 15) is 13.6 Å². The average molecular weight is 365 g/mol. The van der Waals surface area contributed by atoms with E-state index < -0.39 is 6.61 Å². The Balaban J connectivity index is 1.78. The summed E-state index contributed by atoms with van der Waals surface area (Å²) < 4.78 is 34.8. The summed E-state index contributed by atoms with van der Waals surface area (Å²) in [5.41, 5.74) is 1.44. The molecule has 26 heavy (non-hydrogen) atoms. The van der Waals surface area contributed by atoms with Gasteiger partial charge in [0.25, 0.3) is 0 Å². The molecule has 6 nitrogen and oxygen atoms in total. The molecule has 0 fully saturated rings. The van der Waals surface area contributed by atoms with Crippen molar-refractivity contribution in [2.45, 2.75) is 26.1 Å². The topological polar surface area (TPSA) is 72.5 Å². The summed E-state index contributed by atoms with van der Waals surface area (Å²) in [5, 5.41) is 5.83. The largest absolute Gasteiger partial charge is 0.493 e. The fourth-order valence-corrected chi connectivity index (χ4v) is 2.30. The number of aromatic nitrogens is 1. The fraction of sp³-hybridized carbons (Fsp3) is 0.333. The van der Waals surface area contributed by atoms with Crippen LogP contribution in [0.25, 0.3) is 0 Å². The van der Waals surface area contributed by atoms with E-state index in [1.165, 1.54) is 7.11 Å². The molecule has 1 amide bonds. The SMILES string of the molecule is COc1cccc(CNCCC(=O)NCc2cccnc2)c1OC(F)F. The molecule has 0 aliphatic heterocycles. The number of ether oxygens (including phenoxy) is 2. The Labute approximate surface area is 150 Å². The van der Waals surface area contributed by atoms with E-state index in [0.29, 0.717) is 18.7 Å². The second-order valence-electron chi connectivity index (χ2n) is 5.39. The van der Waals surface area contributed by atoms with Crippen molar-refractivity contribution in [2.75, 3.05) is 13.7 Å². The maximum atomic E-state index is 12.6. The molecule has 0 saturated carbocycles. The van der Waals surface area contributed by atoms with E-state index in [1.54, 1.807) is 36.7 Å². The van der Waals surface area contributed by atoms with Crippen LogP contribution in [0, 0.1) is 0 Å². The van der Waals surface area contributed by atoms with Gasteiger partial charge in [-0.3, -0.25) is 9.78 Å². The highest BCUT2D eigenvalue weighted by Gasteiger charge is 2.15. The first-order chi connectivity index (χ1) is 12.6. The van der Waals surface area contributed by atoms with E-state index in [2.05, 4.69) is 20.4 Å².